The average Bonchev–Trinajstić information content (AvgIpc) is 2.96. The van der Waals surface area contributed by atoms with Gasteiger partial charge in [-0.05, 0) is 44.4 Å². The van der Waals surface area contributed by atoms with Crippen LogP contribution in [0.15, 0.2) is 47.4 Å². The summed E-state index contributed by atoms with van der Waals surface area (Å²) in [5.74, 6) is -0.448. The lowest BCUT2D eigenvalue weighted by Crippen LogP contribution is -2.30. The van der Waals surface area contributed by atoms with Gasteiger partial charge in [-0.15, -0.1) is 0 Å². The van der Waals surface area contributed by atoms with Gasteiger partial charge in [0, 0.05) is 12.7 Å². The maximum absolute atomic E-state index is 13.0. The van der Waals surface area contributed by atoms with Crippen LogP contribution in [0.1, 0.15) is 32.9 Å². The Morgan fingerprint density at radius 1 is 1.10 bits per heavy atom. The highest BCUT2D eigenvalue weighted by Gasteiger charge is 2.20. The van der Waals surface area contributed by atoms with Crippen molar-refractivity contribution in [1.29, 1.82) is 0 Å². The minimum Gasteiger partial charge on any atom is -0.394 e. The van der Waals surface area contributed by atoms with Crippen molar-refractivity contribution in [2.75, 3.05) is 11.9 Å². The first-order chi connectivity index (χ1) is 13.9. The molecule has 0 aliphatic carbocycles. The van der Waals surface area contributed by atoms with Gasteiger partial charge in [-0.2, -0.15) is 5.10 Å². The van der Waals surface area contributed by atoms with Gasteiger partial charge < -0.3 is 15.0 Å². The molecular weight excluding hydrogens is 368 g/mol. The van der Waals surface area contributed by atoms with Crippen molar-refractivity contribution in [2.24, 2.45) is 0 Å². The number of carbonyl (C=O) groups excluding carboxylic acids is 1. The minimum atomic E-state index is -0.448. The van der Waals surface area contributed by atoms with Crippen LogP contribution in [0.5, 0.6) is 0 Å². The topological polar surface area (TPSA) is 89.2 Å². The zero-order chi connectivity index (χ0) is 21.0. The van der Waals surface area contributed by atoms with Crippen LogP contribution in [0.2, 0.25) is 0 Å². The van der Waals surface area contributed by atoms with Crippen LogP contribution >= 0.6 is 0 Å². The molecule has 0 saturated carbocycles. The molecule has 0 saturated heterocycles. The van der Waals surface area contributed by atoms with Crippen LogP contribution < -0.4 is 10.9 Å². The van der Waals surface area contributed by atoms with Crippen molar-refractivity contribution in [1.82, 2.24) is 14.3 Å². The van der Waals surface area contributed by atoms with E-state index in [1.54, 1.807) is 35.4 Å². The Bertz CT molecular complexity index is 1070. The van der Waals surface area contributed by atoms with Gasteiger partial charge in [-0.25, -0.2) is 0 Å². The number of amides is 1. The van der Waals surface area contributed by atoms with Crippen LogP contribution in [0.3, 0.4) is 0 Å². The summed E-state index contributed by atoms with van der Waals surface area (Å²) in [6.45, 7) is 6.16. The highest BCUT2D eigenvalue weighted by molar-refractivity contribution is 6.05. The third kappa shape index (κ3) is 4.46. The fourth-order valence-corrected chi connectivity index (χ4v) is 3.38. The summed E-state index contributed by atoms with van der Waals surface area (Å²) in [6.07, 6.45) is 2.43. The molecule has 1 amide bonds. The Kier molecular flexibility index (Phi) is 6.29. The Balaban J connectivity index is 1.85. The van der Waals surface area contributed by atoms with Crippen molar-refractivity contribution in [3.05, 3.63) is 81.0 Å². The number of anilines is 1. The SMILES string of the molecule is Cc1ccn(CCc2ccccc2)c(=O)c1C(=O)Nc1c(C)nn(CCO)c1C. The van der Waals surface area contributed by atoms with Crippen LogP contribution in [0.4, 0.5) is 5.69 Å². The first kappa shape index (κ1) is 20.5. The van der Waals surface area contributed by atoms with Gasteiger partial charge in [-0.3, -0.25) is 14.3 Å². The molecule has 0 fully saturated rings. The van der Waals surface area contributed by atoms with Gasteiger partial charge in [-0.1, -0.05) is 30.3 Å². The normalized spacial score (nSPS) is 10.9. The number of aliphatic hydroxyl groups excluding tert-OH is 1. The number of hydrogen-bond acceptors (Lipinski definition) is 4. The van der Waals surface area contributed by atoms with E-state index < -0.39 is 5.91 Å². The van der Waals surface area contributed by atoms with E-state index in [2.05, 4.69) is 10.4 Å². The third-order valence-corrected chi connectivity index (χ3v) is 5.02. The van der Waals surface area contributed by atoms with E-state index in [-0.39, 0.29) is 17.7 Å². The summed E-state index contributed by atoms with van der Waals surface area (Å²) in [5.41, 5.74) is 3.54. The maximum Gasteiger partial charge on any atom is 0.263 e. The number of aliphatic hydroxyl groups is 1. The molecule has 152 valence electrons. The predicted octanol–water partition coefficient (Wildman–Crippen LogP) is 2.46. The van der Waals surface area contributed by atoms with Crippen LogP contribution in [-0.4, -0.2) is 32.0 Å². The number of pyridine rings is 1. The number of rotatable bonds is 7. The summed E-state index contributed by atoms with van der Waals surface area (Å²) < 4.78 is 3.21. The van der Waals surface area contributed by atoms with Crippen molar-refractivity contribution >= 4 is 11.6 Å². The van der Waals surface area contributed by atoms with E-state index >= 15 is 0 Å². The molecule has 7 nitrogen and oxygen atoms in total. The Morgan fingerprint density at radius 2 is 1.83 bits per heavy atom. The zero-order valence-electron chi connectivity index (χ0n) is 17.0. The molecule has 0 aliphatic rings. The number of benzene rings is 1. The number of nitrogens with zero attached hydrogens (tertiary/aromatic N) is 3. The highest BCUT2D eigenvalue weighted by atomic mass is 16.3. The molecule has 7 heteroatoms. The lowest BCUT2D eigenvalue weighted by Gasteiger charge is -2.12. The number of aryl methyl sites for hydroxylation is 4. The van der Waals surface area contributed by atoms with E-state index in [1.807, 2.05) is 37.3 Å². The van der Waals surface area contributed by atoms with E-state index in [0.29, 0.717) is 36.5 Å². The van der Waals surface area contributed by atoms with E-state index in [4.69, 9.17) is 5.11 Å². The quantitative estimate of drug-likeness (QED) is 0.644. The maximum atomic E-state index is 13.0. The van der Waals surface area contributed by atoms with Crippen molar-refractivity contribution in [3.63, 3.8) is 0 Å². The van der Waals surface area contributed by atoms with Gasteiger partial charge >= 0.3 is 0 Å². The summed E-state index contributed by atoms with van der Waals surface area (Å²) in [7, 11) is 0. The molecule has 1 aromatic carbocycles. The molecule has 3 rings (SSSR count). The van der Waals surface area contributed by atoms with E-state index in [0.717, 1.165) is 11.3 Å². The Labute approximate surface area is 169 Å². The summed E-state index contributed by atoms with van der Waals surface area (Å²) in [6, 6.07) is 11.7. The standard InChI is InChI=1S/C22H26N4O3/c1-15-9-11-25(12-10-18-7-5-4-6-8-18)22(29)19(15)21(28)23-20-16(2)24-26(13-14-27)17(20)3/h4-9,11,27H,10,12-14H2,1-3H3,(H,23,28). The lowest BCUT2D eigenvalue weighted by atomic mass is 10.1. The predicted molar refractivity (Wildman–Crippen MR) is 112 cm³/mol. The molecule has 3 aromatic rings. The molecule has 0 radical (unpaired) electrons. The van der Waals surface area contributed by atoms with Crippen molar-refractivity contribution < 1.29 is 9.90 Å². The monoisotopic (exact) mass is 394 g/mol. The molecule has 2 heterocycles. The highest BCUT2D eigenvalue weighted by Crippen LogP contribution is 2.20. The third-order valence-electron chi connectivity index (χ3n) is 5.02. The van der Waals surface area contributed by atoms with Crippen molar-refractivity contribution in [3.8, 4) is 0 Å². The van der Waals surface area contributed by atoms with Gasteiger partial charge in [0.05, 0.1) is 30.2 Å². The second-order valence-corrected chi connectivity index (χ2v) is 7.05. The molecule has 0 atom stereocenters. The smallest absolute Gasteiger partial charge is 0.263 e. The number of hydrogen-bond donors (Lipinski definition) is 2. The number of aromatic nitrogens is 3. The lowest BCUT2D eigenvalue weighted by molar-refractivity contribution is 0.102. The zero-order valence-corrected chi connectivity index (χ0v) is 17.0. The average molecular weight is 394 g/mol. The summed E-state index contributed by atoms with van der Waals surface area (Å²) in [5, 5.41) is 16.3. The Morgan fingerprint density at radius 3 is 2.52 bits per heavy atom. The second kappa shape index (κ2) is 8.87. The largest absolute Gasteiger partial charge is 0.394 e. The summed E-state index contributed by atoms with van der Waals surface area (Å²) in [4.78, 5) is 25.9. The van der Waals surface area contributed by atoms with E-state index in [1.165, 1.54) is 0 Å². The first-order valence-corrected chi connectivity index (χ1v) is 9.62. The molecule has 0 bridgehead atoms. The molecule has 2 aromatic heterocycles. The van der Waals surface area contributed by atoms with Gasteiger partial charge in [0.25, 0.3) is 11.5 Å². The van der Waals surface area contributed by atoms with Crippen LogP contribution in [0.25, 0.3) is 0 Å². The molecule has 2 N–H and O–H groups in total. The fraction of sp³-hybridized carbons (Fsp3) is 0.318. The van der Waals surface area contributed by atoms with Crippen LogP contribution in [-0.2, 0) is 19.5 Å². The number of carbonyl (C=O) groups is 1. The second-order valence-electron chi connectivity index (χ2n) is 7.05. The fourth-order valence-electron chi connectivity index (χ4n) is 3.38. The molecule has 0 spiro atoms. The minimum absolute atomic E-state index is 0.0424. The Hall–Kier alpha value is -3.19. The first-order valence-electron chi connectivity index (χ1n) is 9.62. The van der Waals surface area contributed by atoms with Crippen LogP contribution in [0, 0.1) is 20.8 Å². The van der Waals surface area contributed by atoms with Gasteiger partial charge in [0.2, 0.25) is 0 Å². The molecule has 29 heavy (non-hydrogen) atoms. The molecule has 0 aliphatic heterocycles. The molecule has 0 unspecified atom stereocenters. The molecular formula is C22H26N4O3. The van der Waals surface area contributed by atoms with Gasteiger partial charge in [0.1, 0.15) is 5.56 Å². The van der Waals surface area contributed by atoms with E-state index in [9.17, 15) is 9.59 Å². The number of nitrogens with one attached hydrogen (secondary N) is 1. The van der Waals surface area contributed by atoms with Gasteiger partial charge in [0.15, 0.2) is 0 Å². The van der Waals surface area contributed by atoms with Crippen molar-refractivity contribution in [2.45, 2.75) is 40.3 Å². The summed E-state index contributed by atoms with van der Waals surface area (Å²) >= 11 is 0.